The molecule has 0 aromatic heterocycles. The molecular weight excluding hydrogens is 250 g/mol. The van der Waals surface area contributed by atoms with Crippen molar-refractivity contribution in [1.82, 2.24) is 0 Å². The molecular formula is C13H18BrN. The monoisotopic (exact) mass is 267 g/mol. The van der Waals surface area contributed by atoms with Crippen LogP contribution < -0.4 is 17.0 Å². The highest BCUT2D eigenvalue weighted by atomic mass is 79.9. The van der Waals surface area contributed by atoms with Gasteiger partial charge in [-0.05, 0) is 20.8 Å². The van der Waals surface area contributed by atoms with E-state index >= 15 is 0 Å². The van der Waals surface area contributed by atoms with Crippen molar-refractivity contribution in [3.63, 3.8) is 0 Å². The Morgan fingerprint density at radius 3 is 2.40 bits per heavy atom. The first kappa shape index (κ1) is 12.4. The van der Waals surface area contributed by atoms with Crippen molar-refractivity contribution in [3.05, 3.63) is 29.8 Å². The predicted molar refractivity (Wildman–Crippen MR) is 60.6 cm³/mol. The number of nitrogens with zero attached hydrogens (tertiary/aromatic N) is 1. The Morgan fingerprint density at radius 1 is 1.20 bits per heavy atom. The van der Waals surface area contributed by atoms with Crippen molar-refractivity contribution in [2.45, 2.75) is 33.1 Å². The SMILES string of the molecule is CC[N+]1=C(C)C(C)(C)c2ccccc21.[Br-]. The van der Waals surface area contributed by atoms with E-state index in [-0.39, 0.29) is 22.4 Å². The molecule has 1 nitrogen and oxygen atoms in total. The van der Waals surface area contributed by atoms with Crippen LogP contribution in [0.1, 0.15) is 33.3 Å². The van der Waals surface area contributed by atoms with E-state index in [1.165, 1.54) is 17.0 Å². The molecule has 0 aliphatic carbocycles. The molecule has 1 aromatic rings. The van der Waals surface area contributed by atoms with E-state index in [0.717, 1.165) is 6.54 Å². The summed E-state index contributed by atoms with van der Waals surface area (Å²) in [5.41, 5.74) is 4.50. The van der Waals surface area contributed by atoms with Crippen LogP contribution in [0.15, 0.2) is 24.3 Å². The summed E-state index contributed by atoms with van der Waals surface area (Å²) >= 11 is 0. The molecule has 0 saturated carbocycles. The Hall–Kier alpha value is -0.630. The maximum Gasteiger partial charge on any atom is 0.209 e. The number of hydrogen-bond donors (Lipinski definition) is 0. The Labute approximate surface area is 103 Å². The third-order valence-electron chi connectivity index (χ3n) is 3.49. The zero-order valence-corrected chi connectivity index (χ0v) is 11.4. The molecule has 0 radical (unpaired) electrons. The number of para-hydroxylation sites is 1. The number of halogens is 1. The van der Waals surface area contributed by atoms with Gasteiger partial charge in [0.1, 0.15) is 6.54 Å². The van der Waals surface area contributed by atoms with Crippen LogP contribution in [-0.2, 0) is 5.41 Å². The molecule has 0 amide bonds. The fraction of sp³-hybridized carbons (Fsp3) is 0.462. The summed E-state index contributed by atoms with van der Waals surface area (Å²) in [6.07, 6.45) is 0. The lowest BCUT2D eigenvalue weighted by molar-refractivity contribution is -0.434. The van der Waals surface area contributed by atoms with Gasteiger partial charge in [0.05, 0.1) is 5.41 Å². The van der Waals surface area contributed by atoms with Crippen molar-refractivity contribution < 1.29 is 21.6 Å². The molecule has 0 N–H and O–H groups in total. The standard InChI is InChI=1S/C13H18N.BrH/c1-5-14-10(2)13(3,4)11-8-6-7-9-12(11)14;/h6-9H,5H2,1-4H3;1H/q+1;/p-1. The number of rotatable bonds is 1. The molecule has 0 atom stereocenters. The largest absolute Gasteiger partial charge is 1.00 e. The molecule has 0 fully saturated rings. The van der Waals surface area contributed by atoms with E-state index in [4.69, 9.17) is 0 Å². The molecule has 15 heavy (non-hydrogen) atoms. The first-order valence-electron chi connectivity index (χ1n) is 5.30. The highest BCUT2D eigenvalue weighted by Crippen LogP contribution is 2.38. The topological polar surface area (TPSA) is 3.01 Å². The fourth-order valence-electron chi connectivity index (χ4n) is 2.36. The molecule has 2 heteroatoms. The second-order valence-corrected chi connectivity index (χ2v) is 4.47. The van der Waals surface area contributed by atoms with Crippen LogP contribution in [0.5, 0.6) is 0 Å². The maximum absolute atomic E-state index is 2.41. The van der Waals surface area contributed by atoms with Gasteiger partial charge in [0.15, 0.2) is 5.71 Å². The van der Waals surface area contributed by atoms with Gasteiger partial charge < -0.3 is 17.0 Å². The average Bonchev–Trinajstić information content (AvgIpc) is 2.37. The van der Waals surface area contributed by atoms with Crippen LogP contribution in [0.25, 0.3) is 0 Å². The quantitative estimate of drug-likeness (QED) is 0.636. The Balaban J connectivity index is 0.00000112. The van der Waals surface area contributed by atoms with E-state index in [0.29, 0.717) is 0 Å². The third-order valence-corrected chi connectivity index (χ3v) is 3.49. The highest BCUT2D eigenvalue weighted by Gasteiger charge is 2.41. The predicted octanol–water partition coefficient (Wildman–Crippen LogP) is 0.107. The smallest absolute Gasteiger partial charge is 0.209 e. The summed E-state index contributed by atoms with van der Waals surface area (Å²) in [6, 6.07) is 8.72. The summed E-state index contributed by atoms with van der Waals surface area (Å²) in [4.78, 5) is 0. The van der Waals surface area contributed by atoms with Crippen LogP contribution in [0.4, 0.5) is 5.69 Å². The number of hydrogen-bond acceptors (Lipinski definition) is 0. The number of benzene rings is 1. The summed E-state index contributed by atoms with van der Waals surface area (Å²) in [5.74, 6) is 0. The second kappa shape index (κ2) is 4.09. The van der Waals surface area contributed by atoms with Crippen molar-refractivity contribution >= 4 is 11.4 Å². The molecule has 82 valence electrons. The molecule has 0 unspecified atom stereocenters. The van der Waals surface area contributed by atoms with E-state index in [1.807, 2.05) is 0 Å². The number of fused-ring (bicyclic) bond motifs is 1. The van der Waals surface area contributed by atoms with Gasteiger partial charge in [0.2, 0.25) is 5.69 Å². The van der Waals surface area contributed by atoms with E-state index in [2.05, 4.69) is 56.5 Å². The molecule has 1 aliphatic heterocycles. The highest BCUT2D eigenvalue weighted by molar-refractivity contribution is 5.93. The minimum atomic E-state index is 0. The third kappa shape index (κ3) is 1.65. The summed E-state index contributed by atoms with van der Waals surface area (Å²) in [7, 11) is 0. The van der Waals surface area contributed by atoms with Crippen LogP contribution in [0.3, 0.4) is 0 Å². The van der Waals surface area contributed by atoms with E-state index in [1.54, 1.807) is 0 Å². The molecule has 1 heterocycles. The Bertz CT molecular complexity index is 405. The second-order valence-electron chi connectivity index (χ2n) is 4.47. The minimum absolute atomic E-state index is 0. The summed E-state index contributed by atoms with van der Waals surface area (Å²) in [6.45, 7) is 10.1. The molecule has 0 spiro atoms. The minimum Gasteiger partial charge on any atom is -1.00 e. The summed E-state index contributed by atoms with van der Waals surface area (Å²) in [5, 5.41) is 0. The molecule has 1 aromatic carbocycles. The lowest BCUT2D eigenvalue weighted by Gasteiger charge is -2.14. The van der Waals surface area contributed by atoms with Crippen LogP contribution >= 0.6 is 0 Å². The van der Waals surface area contributed by atoms with Crippen LogP contribution in [0, 0.1) is 0 Å². The normalized spacial score (nSPS) is 17.3. The fourth-order valence-corrected chi connectivity index (χ4v) is 2.36. The van der Waals surface area contributed by atoms with Gasteiger partial charge in [0.25, 0.3) is 0 Å². The van der Waals surface area contributed by atoms with Crippen molar-refractivity contribution in [3.8, 4) is 0 Å². The zero-order valence-electron chi connectivity index (χ0n) is 9.84. The van der Waals surface area contributed by atoms with Crippen molar-refractivity contribution in [2.24, 2.45) is 0 Å². The van der Waals surface area contributed by atoms with Crippen molar-refractivity contribution in [1.29, 1.82) is 0 Å². The lowest BCUT2D eigenvalue weighted by atomic mass is 9.82. The van der Waals surface area contributed by atoms with Gasteiger partial charge in [-0.15, -0.1) is 0 Å². The Kier molecular flexibility index (Phi) is 3.39. The van der Waals surface area contributed by atoms with E-state index in [9.17, 15) is 0 Å². The first-order valence-corrected chi connectivity index (χ1v) is 5.30. The van der Waals surface area contributed by atoms with Crippen molar-refractivity contribution in [2.75, 3.05) is 6.54 Å². The van der Waals surface area contributed by atoms with Gasteiger partial charge in [-0.25, -0.2) is 0 Å². The van der Waals surface area contributed by atoms with Crippen LogP contribution in [0.2, 0.25) is 0 Å². The van der Waals surface area contributed by atoms with E-state index < -0.39 is 0 Å². The molecule has 2 rings (SSSR count). The average molecular weight is 268 g/mol. The van der Waals surface area contributed by atoms with Gasteiger partial charge in [0, 0.05) is 18.6 Å². The molecule has 0 saturated heterocycles. The van der Waals surface area contributed by atoms with Crippen LogP contribution in [-0.4, -0.2) is 16.8 Å². The first-order chi connectivity index (χ1) is 6.59. The summed E-state index contributed by atoms with van der Waals surface area (Å²) < 4.78 is 2.41. The Morgan fingerprint density at radius 2 is 1.80 bits per heavy atom. The molecule has 0 bridgehead atoms. The lowest BCUT2D eigenvalue weighted by Crippen LogP contribution is -3.00. The van der Waals surface area contributed by atoms with Gasteiger partial charge >= 0.3 is 0 Å². The zero-order chi connectivity index (χ0) is 10.3. The van der Waals surface area contributed by atoms with Gasteiger partial charge in [-0.3, -0.25) is 0 Å². The van der Waals surface area contributed by atoms with Gasteiger partial charge in [-0.2, -0.15) is 4.58 Å². The maximum atomic E-state index is 2.41. The van der Waals surface area contributed by atoms with Gasteiger partial charge in [-0.1, -0.05) is 18.2 Å². The molecule has 1 aliphatic rings.